The van der Waals surface area contributed by atoms with E-state index in [1.807, 2.05) is 44.7 Å². The van der Waals surface area contributed by atoms with Crippen molar-refractivity contribution in [1.82, 2.24) is 4.98 Å². The van der Waals surface area contributed by atoms with E-state index in [1.165, 1.54) is 0 Å². The van der Waals surface area contributed by atoms with Gasteiger partial charge < -0.3 is 9.64 Å². The molecule has 1 aromatic rings. The molecule has 0 N–H and O–H groups in total. The van der Waals surface area contributed by atoms with Crippen molar-refractivity contribution in [3.05, 3.63) is 23.9 Å². The van der Waals surface area contributed by atoms with Crippen LogP contribution in [0.3, 0.4) is 0 Å². The minimum absolute atomic E-state index is 0.203. The minimum atomic E-state index is -0.218. The first kappa shape index (κ1) is 13.5. The lowest BCUT2D eigenvalue weighted by molar-refractivity contribution is -0.141. The highest BCUT2D eigenvalue weighted by Gasteiger charge is 2.16. The zero-order chi connectivity index (χ0) is 12.8. The first-order valence-electron chi connectivity index (χ1n) is 5.89. The third kappa shape index (κ3) is 4.06. The van der Waals surface area contributed by atoms with Crippen LogP contribution in [0.1, 0.15) is 26.3 Å². The van der Waals surface area contributed by atoms with Gasteiger partial charge in [-0.2, -0.15) is 0 Å². The number of rotatable bonds is 5. The van der Waals surface area contributed by atoms with Gasteiger partial charge in [0.05, 0.1) is 6.61 Å². The predicted molar refractivity (Wildman–Crippen MR) is 68.1 cm³/mol. The summed E-state index contributed by atoms with van der Waals surface area (Å²) in [4.78, 5) is 17.8. The zero-order valence-electron chi connectivity index (χ0n) is 10.9. The van der Waals surface area contributed by atoms with E-state index in [0.29, 0.717) is 6.61 Å². The molecular weight excluding hydrogens is 216 g/mol. The van der Waals surface area contributed by atoms with Gasteiger partial charge in [0.1, 0.15) is 12.4 Å². The maximum Gasteiger partial charge on any atom is 0.325 e. The molecule has 0 amide bonds. The molecule has 17 heavy (non-hydrogen) atoms. The van der Waals surface area contributed by atoms with Crippen LogP contribution in [0.15, 0.2) is 18.3 Å². The Balaban J connectivity index is 2.82. The molecule has 0 aliphatic rings. The summed E-state index contributed by atoms with van der Waals surface area (Å²) >= 11 is 0. The van der Waals surface area contributed by atoms with Gasteiger partial charge in [0.15, 0.2) is 0 Å². The molecule has 0 bridgehead atoms. The second kappa shape index (κ2) is 6.23. The molecule has 1 aromatic heterocycles. The van der Waals surface area contributed by atoms with Crippen LogP contribution < -0.4 is 4.90 Å². The number of hydrogen-bond acceptors (Lipinski definition) is 4. The van der Waals surface area contributed by atoms with E-state index < -0.39 is 0 Å². The summed E-state index contributed by atoms with van der Waals surface area (Å²) in [6.07, 6.45) is 1.76. The van der Waals surface area contributed by atoms with Crippen molar-refractivity contribution >= 4 is 11.8 Å². The van der Waals surface area contributed by atoms with E-state index >= 15 is 0 Å². The number of esters is 1. The van der Waals surface area contributed by atoms with Crippen molar-refractivity contribution in [1.29, 1.82) is 0 Å². The quantitative estimate of drug-likeness (QED) is 0.735. The van der Waals surface area contributed by atoms with Crippen LogP contribution in [0.25, 0.3) is 0 Å². The molecular formula is C13H20N2O2. The molecule has 1 rings (SSSR count). The maximum absolute atomic E-state index is 11.5. The molecule has 4 heteroatoms. The number of carbonyl (C=O) groups is 1. The molecule has 0 aliphatic carbocycles. The molecule has 0 aromatic carbocycles. The SMILES string of the molecule is CCOC(=O)CN(c1cc(C)ccn1)C(C)C. The molecule has 0 aliphatic heterocycles. The molecule has 0 saturated carbocycles. The highest BCUT2D eigenvalue weighted by Crippen LogP contribution is 2.15. The summed E-state index contributed by atoms with van der Waals surface area (Å²) in [5.74, 6) is 0.595. The maximum atomic E-state index is 11.5. The summed E-state index contributed by atoms with van der Waals surface area (Å²) < 4.78 is 4.97. The summed E-state index contributed by atoms with van der Waals surface area (Å²) in [5, 5.41) is 0. The Morgan fingerprint density at radius 3 is 2.76 bits per heavy atom. The predicted octanol–water partition coefficient (Wildman–Crippen LogP) is 2.17. The Morgan fingerprint density at radius 1 is 1.53 bits per heavy atom. The minimum Gasteiger partial charge on any atom is -0.465 e. The highest BCUT2D eigenvalue weighted by molar-refractivity contribution is 5.75. The van der Waals surface area contributed by atoms with Gasteiger partial charge in [-0.1, -0.05) is 0 Å². The van der Waals surface area contributed by atoms with Crippen molar-refractivity contribution < 1.29 is 9.53 Å². The fraction of sp³-hybridized carbons (Fsp3) is 0.538. The van der Waals surface area contributed by atoms with Crippen molar-refractivity contribution in [3.63, 3.8) is 0 Å². The van der Waals surface area contributed by atoms with Gasteiger partial charge >= 0.3 is 5.97 Å². The average molecular weight is 236 g/mol. The second-order valence-corrected chi connectivity index (χ2v) is 4.22. The molecule has 0 spiro atoms. The van der Waals surface area contributed by atoms with E-state index in [1.54, 1.807) is 6.20 Å². The van der Waals surface area contributed by atoms with Crippen LogP contribution in [-0.2, 0) is 9.53 Å². The van der Waals surface area contributed by atoms with E-state index in [0.717, 1.165) is 11.4 Å². The average Bonchev–Trinajstić information content (AvgIpc) is 2.26. The summed E-state index contributed by atoms with van der Waals surface area (Å²) in [6, 6.07) is 4.11. The van der Waals surface area contributed by atoms with Gasteiger partial charge in [-0.25, -0.2) is 4.98 Å². The van der Waals surface area contributed by atoms with Crippen LogP contribution in [0.4, 0.5) is 5.82 Å². The number of aromatic nitrogens is 1. The van der Waals surface area contributed by atoms with Crippen molar-refractivity contribution in [3.8, 4) is 0 Å². The summed E-state index contributed by atoms with van der Waals surface area (Å²) in [5.41, 5.74) is 1.13. The third-order valence-electron chi connectivity index (χ3n) is 2.42. The molecule has 0 saturated heterocycles. The van der Waals surface area contributed by atoms with Gasteiger partial charge in [-0.05, 0) is 45.4 Å². The van der Waals surface area contributed by atoms with Gasteiger partial charge in [0.25, 0.3) is 0 Å². The topological polar surface area (TPSA) is 42.4 Å². The number of pyridine rings is 1. The van der Waals surface area contributed by atoms with Crippen LogP contribution in [0, 0.1) is 6.92 Å². The fourth-order valence-corrected chi connectivity index (χ4v) is 1.55. The lowest BCUT2D eigenvalue weighted by Gasteiger charge is -2.26. The van der Waals surface area contributed by atoms with Gasteiger partial charge in [0, 0.05) is 12.2 Å². The van der Waals surface area contributed by atoms with Crippen LogP contribution in [0.2, 0.25) is 0 Å². The van der Waals surface area contributed by atoms with Crippen LogP contribution >= 0.6 is 0 Å². The summed E-state index contributed by atoms with van der Waals surface area (Å²) in [6.45, 7) is 8.52. The van der Waals surface area contributed by atoms with Gasteiger partial charge in [-0.3, -0.25) is 4.79 Å². The Hall–Kier alpha value is -1.58. The van der Waals surface area contributed by atoms with E-state index in [-0.39, 0.29) is 18.6 Å². The Kier molecular flexibility index (Phi) is 4.94. The van der Waals surface area contributed by atoms with Gasteiger partial charge in [-0.15, -0.1) is 0 Å². The number of anilines is 1. The van der Waals surface area contributed by atoms with Crippen LogP contribution in [0.5, 0.6) is 0 Å². The molecule has 0 radical (unpaired) electrons. The Morgan fingerprint density at radius 2 is 2.24 bits per heavy atom. The van der Waals surface area contributed by atoms with E-state index in [9.17, 15) is 4.79 Å². The second-order valence-electron chi connectivity index (χ2n) is 4.22. The van der Waals surface area contributed by atoms with E-state index in [4.69, 9.17) is 4.74 Å². The number of ether oxygens (including phenoxy) is 1. The van der Waals surface area contributed by atoms with Crippen molar-refractivity contribution in [2.24, 2.45) is 0 Å². The number of nitrogens with zero attached hydrogens (tertiary/aromatic N) is 2. The van der Waals surface area contributed by atoms with E-state index in [2.05, 4.69) is 4.98 Å². The fourth-order valence-electron chi connectivity index (χ4n) is 1.55. The normalized spacial score (nSPS) is 10.4. The zero-order valence-corrected chi connectivity index (χ0v) is 10.9. The number of aryl methyl sites for hydroxylation is 1. The van der Waals surface area contributed by atoms with Gasteiger partial charge in [0.2, 0.25) is 0 Å². The Bertz CT molecular complexity index is 377. The molecule has 0 fully saturated rings. The largest absolute Gasteiger partial charge is 0.465 e. The lowest BCUT2D eigenvalue weighted by atomic mass is 10.2. The molecule has 4 nitrogen and oxygen atoms in total. The Labute approximate surface area is 103 Å². The first-order valence-corrected chi connectivity index (χ1v) is 5.89. The standard InChI is InChI=1S/C13H20N2O2/c1-5-17-13(16)9-15(10(2)3)12-8-11(4)6-7-14-12/h6-8,10H,5,9H2,1-4H3. The lowest BCUT2D eigenvalue weighted by Crippen LogP contribution is -2.37. The van der Waals surface area contributed by atoms with Crippen molar-refractivity contribution in [2.45, 2.75) is 33.7 Å². The number of carbonyl (C=O) groups excluding carboxylic acids is 1. The molecule has 0 atom stereocenters. The number of hydrogen-bond donors (Lipinski definition) is 0. The van der Waals surface area contributed by atoms with Crippen LogP contribution in [-0.4, -0.2) is 30.1 Å². The smallest absolute Gasteiger partial charge is 0.325 e. The monoisotopic (exact) mass is 236 g/mol. The van der Waals surface area contributed by atoms with Crippen molar-refractivity contribution in [2.75, 3.05) is 18.1 Å². The summed E-state index contributed by atoms with van der Waals surface area (Å²) in [7, 11) is 0. The molecule has 0 unspecified atom stereocenters. The highest BCUT2D eigenvalue weighted by atomic mass is 16.5. The molecule has 1 heterocycles. The molecule has 94 valence electrons. The third-order valence-corrected chi connectivity index (χ3v) is 2.42. The first-order chi connectivity index (χ1) is 8.04.